The minimum Gasteiger partial charge on any atom is -0.351 e. The zero-order valence-electron chi connectivity index (χ0n) is 8.34. The minimum atomic E-state index is -3.65. The van der Waals surface area contributed by atoms with Crippen LogP contribution in [-0.4, -0.2) is 25.9 Å². The number of primary sulfonamides is 1. The summed E-state index contributed by atoms with van der Waals surface area (Å²) in [6, 6.07) is 1.09. The van der Waals surface area contributed by atoms with Crippen molar-refractivity contribution in [3.63, 3.8) is 0 Å². The van der Waals surface area contributed by atoms with Crippen molar-refractivity contribution in [1.82, 2.24) is 4.90 Å². The predicted molar refractivity (Wildman–Crippen MR) is 59.4 cm³/mol. The number of hydrogen-bond acceptors (Lipinski definition) is 4. The van der Waals surface area contributed by atoms with Gasteiger partial charge >= 0.3 is 6.03 Å². The van der Waals surface area contributed by atoms with E-state index in [1.807, 2.05) is 0 Å². The third-order valence-corrected chi connectivity index (χ3v) is 5.03. The number of thiophene rings is 1. The van der Waals surface area contributed by atoms with Crippen molar-refractivity contribution in [3.05, 3.63) is 16.5 Å². The largest absolute Gasteiger partial charge is 0.351 e. The molecule has 1 aromatic heterocycles. The lowest BCUT2D eigenvalue weighted by atomic mass is 10.1. The Bertz CT molecular complexity index is 535. The number of hydrogen-bond donors (Lipinski definition) is 2. The Morgan fingerprint density at radius 3 is 2.75 bits per heavy atom. The zero-order chi connectivity index (χ0) is 11.9. The SMILES string of the molecule is NC(=O)N1CCc2cc(S(N)(=O)=O)sc2C1. The second-order valence-corrected chi connectivity index (χ2v) is 6.49. The summed E-state index contributed by atoms with van der Waals surface area (Å²) in [6.07, 6.45) is 0.615. The van der Waals surface area contributed by atoms with Crippen molar-refractivity contribution in [2.24, 2.45) is 10.9 Å². The van der Waals surface area contributed by atoms with E-state index in [1.165, 1.54) is 4.90 Å². The van der Waals surface area contributed by atoms with Crippen LogP contribution in [0, 0.1) is 0 Å². The maximum atomic E-state index is 11.1. The average molecular weight is 261 g/mol. The van der Waals surface area contributed by atoms with Crippen LogP contribution < -0.4 is 10.9 Å². The molecule has 1 aliphatic rings. The van der Waals surface area contributed by atoms with E-state index in [2.05, 4.69) is 0 Å². The van der Waals surface area contributed by atoms with Gasteiger partial charge in [0, 0.05) is 11.4 Å². The number of urea groups is 1. The topological polar surface area (TPSA) is 106 Å². The summed E-state index contributed by atoms with van der Waals surface area (Å²) in [4.78, 5) is 13.3. The van der Waals surface area contributed by atoms with Crippen LogP contribution in [0.25, 0.3) is 0 Å². The molecular weight excluding hydrogens is 250 g/mol. The van der Waals surface area contributed by atoms with Crippen molar-refractivity contribution in [3.8, 4) is 0 Å². The van der Waals surface area contributed by atoms with Gasteiger partial charge in [0.2, 0.25) is 10.0 Å². The molecule has 2 heterocycles. The van der Waals surface area contributed by atoms with Crippen LogP contribution in [0.1, 0.15) is 10.4 Å². The van der Waals surface area contributed by atoms with Crippen molar-refractivity contribution in [2.45, 2.75) is 17.2 Å². The molecule has 0 aromatic carbocycles. The molecule has 0 saturated carbocycles. The first kappa shape index (κ1) is 11.4. The molecule has 0 bridgehead atoms. The first-order chi connectivity index (χ1) is 7.38. The first-order valence-corrected chi connectivity index (χ1v) is 6.93. The molecule has 1 aliphatic heterocycles. The number of primary amides is 1. The second-order valence-electron chi connectivity index (χ2n) is 3.57. The number of fused-ring (bicyclic) bond motifs is 1. The highest BCUT2D eigenvalue weighted by Gasteiger charge is 2.23. The highest BCUT2D eigenvalue weighted by Crippen LogP contribution is 2.30. The summed E-state index contributed by atoms with van der Waals surface area (Å²) < 4.78 is 22.4. The van der Waals surface area contributed by atoms with Gasteiger partial charge < -0.3 is 10.6 Å². The van der Waals surface area contributed by atoms with E-state index in [4.69, 9.17) is 10.9 Å². The monoisotopic (exact) mass is 261 g/mol. The summed E-state index contributed by atoms with van der Waals surface area (Å²) >= 11 is 1.10. The third-order valence-electron chi connectivity index (χ3n) is 2.45. The second kappa shape index (κ2) is 3.72. The highest BCUT2D eigenvalue weighted by atomic mass is 32.2. The quantitative estimate of drug-likeness (QED) is 0.733. The van der Waals surface area contributed by atoms with Crippen LogP contribution in [-0.2, 0) is 23.0 Å². The molecule has 0 aliphatic carbocycles. The Morgan fingerprint density at radius 2 is 2.19 bits per heavy atom. The standard InChI is InChI=1S/C8H11N3O3S2/c9-8(12)11-2-1-5-3-7(16(10,13)14)15-6(5)4-11/h3H,1-2,4H2,(H2,9,12)(H2,10,13,14). The van der Waals surface area contributed by atoms with E-state index in [0.717, 1.165) is 21.8 Å². The van der Waals surface area contributed by atoms with Crippen LogP contribution >= 0.6 is 11.3 Å². The molecule has 0 fully saturated rings. The van der Waals surface area contributed by atoms with E-state index in [-0.39, 0.29) is 4.21 Å². The Balaban J connectivity index is 2.34. The minimum absolute atomic E-state index is 0.142. The molecule has 0 atom stereocenters. The third kappa shape index (κ3) is 2.04. The molecule has 0 radical (unpaired) electrons. The van der Waals surface area contributed by atoms with Crippen LogP contribution in [0.3, 0.4) is 0 Å². The van der Waals surface area contributed by atoms with Crippen LogP contribution in [0.15, 0.2) is 10.3 Å². The van der Waals surface area contributed by atoms with Crippen LogP contribution in [0.2, 0.25) is 0 Å². The lowest BCUT2D eigenvalue weighted by molar-refractivity contribution is 0.203. The van der Waals surface area contributed by atoms with Gasteiger partial charge in [-0.15, -0.1) is 11.3 Å². The molecule has 16 heavy (non-hydrogen) atoms. The van der Waals surface area contributed by atoms with Gasteiger partial charge in [-0.3, -0.25) is 0 Å². The average Bonchev–Trinajstić information content (AvgIpc) is 2.58. The summed E-state index contributed by atoms with van der Waals surface area (Å²) in [7, 11) is -3.65. The van der Waals surface area contributed by atoms with Crippen molar-refractivity contribution in [1.29, 1.82) is 0 Å². The van der Waals surface area contributed by atoms with Gasteiger partial charge in [-0.2, -0.15) is 0 Å². The number of sulfonamides is 1. The molecule has 0 spiro atoms. The maximum absolute atomic E-state index is 11.1. The summed E-state index contributed by atoms with van der Waals surface area (Å²) in [5.74, 6) is 0. The van der Waals surface area contributed by atoms with Crippen molar-refractivity contribution in [2.75, 3.05) is 6.54 Å². The smallest absolute Gasteiger partial charge is 0.315 e. The number of nitrogens with zero attached hydrogens (tertiary/aromatic N) is 1. The lowest BCUT2D eigenvalue weighted by Crippen LogP contribution is -2.38. The number of rotatable bonds is 1. The number of carbonyl (C=O) groups excluding carboxylic acids is 1. The molecular formula is C8H11N3O3S2. The van der Waals surface area contributed by atoms with Crippen LogP contribution in [0.5, 0.6) is 0 Å². The molecule has 0 saturated heterocycles. The summed E-state index contributed by atoms with van der Waals surface area (Å²) in [6.45, 7) is 0.883. The Labute approximate surface area is 96.9 Å². The van der Waals surface area contributed by atoms with E-state index >= 15 is 0 Å². The summed E-state index contributed by atoms with van der Waals surface area (Å²) in [5, 5.41) is 5.04. The maximum Gasteiger partial charge on any atom is 0.315 e. The predicted octanol–water partition coefficient (Wildman–Crippen LogP) is -0.168. The van der Waals surface area contributed by atoms with Gasteiger partial charge in [0.05, 0.1) is 6.54 Å². The summed E-state index contributed by atoms with van der Waals surface area (Å²) in [5.41, 5.74) is 6.10. The Morgan fingerprint density at radius 1 is 1.50 bits per heavy atom. The fraction of sp³-hybridized carbons (Fsp3) is 0.375. The van der Waals surface area contributed by atoms with Gasteiger partial charge in [0.1, 0.15) is 4.21 Å². The van der Waals surface area contributed by atoms with E-state index < -0.39 is 16.1 Å². The van der Waals surface area contributed by atoms with Crippen LogP contribution in [0.4, 0.5) is 4.79 Å². The van der Waals surface area contributed by atoms with Gasteiger partial charge in [-0.05, 0) is 18.1 Å². The van der Waals surface area contributed by atoms with Gasteiger partial charge in [0.25, 0.3) is 0 Å². The molecule has 1 aromatic rings. The zero-order valence-corrected chi connectivity index (χ0v) is 9.97. The van der Waals surface area contributed by atoms with E-state index in [1.54, 1.807) is 6.07 Å². The fourth-order valence-electron chi connectivity index (χ4n) is 1.62. The molecule has 8 heteroatoms. The fourth-order valence-corrected chi connectivity index (χ4v) is 3.65. The molecule has 4 N–H and O–H groups in total. The number of nitrogens with two attached hydrogens (primary N) is 2. The lowest BCUT2D eigenvalue weighted by Gasteiger charge is -2.24. The molecule has 2 rings (SSSR count). The first-order valence-electron chi connectivity index (χ1n) is 4.56. The van der Waals surface area contributed by atoms with Gasteiger partial charge in [-0.1, -0.05) is 0 Å². The molecule has 6 nitrogen and oxygen atoms in total. The normalized spacial score (nSPS) is 15.9. The van der Waals surface area contributed by atoms with E-state index in [9.17, 15) is 13.2 Å². The molecule has 88 valence electrons. The highest BCUT2D eigenvalue weighted by molar-refractivity contribution is 7.91. The van der Waals surface area contributed by atoms with Gasteiger partial charge in [-0.25, -0.2) is 18.4 Å². The van der Waals surface area contributed by atoms with Crippen molar-refractivity contribution < 1.29 is 13.2 Å². The van der Waals surface area contributed by atoms with Gasteiger partial charge in [0.15, 0.2) is 0 Å². The van der Waals surface area contributed by atoms with E-state index in [0.29, 0.717) is 19.5 Å². The Kier molecular flexibility index (Phi) is 2.64. The van der Waals surface area contributed by atoms with Crippen molar-refractivity contribution >= 4 is 27.4 Å². The number of carbonyl (C=O) groups is 1. The Hall–Kier alpha value is -1.12. The molecule has 0 unspecified atom stereocenters. The molecule has 2 amide bonds. The number of amides is 2.